The largest absolute Gasteiger partial charge is 0.353 e. The quantitative estimate of drug-likeness (QED) is 0.744. The molecular weight excluding hydrogens is 240 g/mol. The van der Waals surface area contributed by atoms with Crippen molar-refractivity contribution in [3.63, 3.8) is 0 Å². The van der Waals surface area contributed by atoms with Crippen molar-refractivity contribution in [2.75, 3.05) is 6.54 Å². The SMILES string of the molecule is CC(C)CNCc1cn(CCC(=O)NC2CC2)cn1. The monoisotopic (exact) mass is 264 g/mol. The van der Waals surface area contributed by atoms with E-state index in [0.29, 0.717) is 24.9 Å². The van der Waals surface area contributed by atoms with Gasteiger partial charge in [-0.3, -0.25) is 4.79 Å². The molecule has 0 radical (unpaired) electrons. The second-order valence-electron chi connectivity index (χ2n) is 5.72. The Bertz CT molecular complexity index is 409. The number of rotatable bonds is 8. The molecule has 1 aliphatic rings. The van der Waals surface area contributed by atoms with Crippen LogP contribution in [0, 0.1) is 5.92 Å². The van der Waals surface area contributed by atoms with Gasteiger partial charge in [-0.25, -0.2) is 4.98 Å². The van der Waals surface area contributed by atoms with Gasteiger partial charge in [-0.2, -0.15) is 0 Å². The van der Waals surface area contributed by atoms with Gasteiger partial charge >= 0.3 is 0 Å². The fourth-order valence-corrected chi connectivity index (χ4v) is 1.87. The van der Waals surface area contributed by atoms with Crippen LogP contribution in [0.5, 0.6) is 0 Å². The van der Waals surface area contributed by atoms with E-state index in [4.69, 9.17) is 0 Å². The Morgan fingerprint density at radius 3 is 3.00 bits per heavy atom. The summed E-state index contributed by atoms with van der Waals surface area (Å²) >= 11 is 0. The van der Waals surface area contributed by atoms with Crippen molar-refractivity contribution in [3.8, 4) is 0 Å². The van der Waals surface area contributed by atoms with Gasteiger partial charge < -0.3 is 15.2 Å². The molecule has 5 nitrogen and oxygen atoms in total. The van der Waals surface area contributed by atoms with Gasteiger partial charge in [0.15, 0.2) is 0 Å². The zero-order chi connectivity index (χ0) is 13.7. The molecule has 0 bridgehead atoms. The second-order valence-corrected chi connectivity index (χ2v) is 5.72. The first-order chi connectivity index (χ1) is 9.13. The summed E-state index contributed by atoms with van der Waals surface area (Å²) < 4.78 is 1.98. The summed E-state index contributed by atoms with van der Waals surface area (Å²) in [6, 6.07) is 0.450. The third-order valence-corrected chi connectivity index (χ3v) is 3.08. The number of aryl methyl sites for hydroxylation is 1. The number of carbonyl (C=O) groups excluding carboxylic acids is 1. The van der Waals surface area contributed by atoms with Crippen LogP contribution in [-0.4, -0.2) is 28.0 Å². The minimum atomic E-state index is 0.149. The standard InChI is InChI=1S/C14H24N4O/c1-11(2)7-15-8-13-9-18(10-16-13)6-5-14(19)17-12-3-4-12/h9-12,15H,3-8H2,1-2H3,(H,17,19). The Balaban J connectivity index is 1.66. The molecule has 0 saturated heterocycles. The molecule has 0 aromatic carbocycles. The number of carbonyl (C=O) groups is 1. The van der Waals surface area contributed by atoms with Crippen LogP contribution in [-0.2, 0) is 17.9 Å². The maximum absolute atomic E-state index is 11.6. The number of nitrogens with zero attached hydrogens (tertiary/aromatic N) is 2. The third kappa shape index (κ3) is 5.42. The van der Waals surface area contributed by atoms with Gasteiger partial charge in [0.05, 0.1) is 12.0 Å². The predicted octanol–water partition coefficient (Wildman–Crippen LogP) is 1.30. The minimum Gasteiger partial charge on any atom is -0.353 e. The lowest BCUT2D eigenvalue weighted by atomic mass is 10.2. The summed E-state index contributed by atoms with van der Waals surface area (Å²) in [6.07, 6.45) is 6.63. The van der Waals surface area contributed by atoms with Crippen LogP contribution in [0.3, 0.4) is 0 Å². The van der Waals surface area contributed by atoms with Gasteiger partial charge in [-0.15, -0.1) is 0 Å². The van der Waals surface area contributed by atoms with Crippen molar-refractivity contribution >= 4 is 5.91 Å². The summed E-state index contributed by atoms with van der Waals surface area (Å²) in [4.78, 5) is 15.9. The minimum absolute atomic E-state index is 0.149. The predicted molar refractivity (Wildman–Crippen MR) is 74.6 cm³/mol. The molecule has 1 fully saturated rings. The van der Waals surface area contributed by atoms with E-state index in [1.807, 2.05) is 10.8 Å². The zero-order valence-electron chi connectivity index (χ0n) is 11.9. The lowest BCUT2D eigenvalue weighted by molar-refractivity contribution is -0.121. The van der Waals surface area contributed by atoms with Crippen LogP contribution < -0.4 is 10.6 Å². The van der Waals surface area contributed by atoms with Gasteiger partial charge in [-0.05, 0) is 25.3 Å². The third-order valence-electron chi connectivity index (χ3n) is 3.08. The maximum atomic E-state index is 11.6. The molecule has 1 aromatic rings. The van der Waals surface area contributed by atoms with E-state index in [1.54, 1.807) is 6.33 Å². The van der Waals surface area contributed by atoms with Gasteiger partial charge in [0.25, 0.3) is 0 Å². The van der Waals surface area contributed by atoms with E-state index in [-0.39, 0.29) is 5.91 Å². The Kier molecular flexibility index (Phi) is 4.96. The first kappa shape index (κ1) is 14.1. The highest BCUT2D eigenvalue weighted by Gasteiger charge is 2.22. The first-order valence-electron chi connectivity index (χ1n) is 7.14. The molecule has 19 heavy (non-hydrogen) atoms. The fourth-order valence-electron chi connectivity index (χ4n) is 1.87. The summed E-state index contributed by atoms with van der Waals surface area (Å²) in [5.41, 5.74) is 1.03. The summed E-state index contributed by atoms with van der Waals surface area (Å²) in [5.74, 6) is 0.795. The second kappa shape index (κ2) is 6.70. The molecular formula is C14H24N4O. The molecule has 106 valence electrons. The molecule has 1 aliphatic carbocycles. The highest BCUT2D eigenvalue weighted by Crippen LogP contribution is 2.18. The number of amides is 1. The van der Waals surface area contributed by atoms with Crippen LogP contribution in [0.15, 0.2) is 12.5 Å². The van der Waals surface area contributed by atoms with Gasteiger partial charge in [0, 0.05) is 31.7 Å². The molecule has 2 N–H and O–H groups in total. The van der Waals surface area contributed by atoms with E-state index >= 15 is 0 Å². The van der Waals surface area contributed by atoms with E-state index in [1.165, 1.54) is 0 Å². The Labute approximate surface area is 114 Å². The number of hydrogen-bond acceptors (Lipinski definition) is 3. The fraction of sp³-hybridized carbons (Fsp3) is 0.714. The number of imidazole rings is 1. The van der Waals surface area contributed by atoms with Crippen molar-refractivity contribution in [3.05, 3.63) is 18.2 Å². The lowest BCUT2D eigenvalue weighted by Gasteiger charge is -2.05. The number of hydrogen-bond donors (Lipinski definition) is 2. The molecule has 1 amide bonds. The number of aromatic nitrogens is 2. The molecule has 1 aromatic heterocycles. The normalized spacial score (nSPS) is 14.9. The van der Waals surface area contributed by atoms with Gasteiger partial charge in [-0.1, -0.05) is 13.8 Å². The Morgan fingerprint density at radius 1 is 1.53 bits per heavy atom. The van der Waals surface area contributed by atoms with Crippen molar-refractivity contribution in [1.82, 2.24) is 20.2 Å². The molecule has 0 spiro atoms. The molecule has 5 heteroatoms. The van der Waals surface area contributed by atoms with Crippen LogP contribution >= 0.6 is 0 Å². The van der Waals surface area contributed by atoms with Gasteiger partial charge in [0.2, 0.25) is 5.91 Å². The molecule has 0 unspecified atom stereocenters. The van der Waals surface area contributed by atoms with Gasteiger partial charge in [0.1, 0.15) is 0 Å². The van der Waals surface area contributed by atoms with Crippen molar-refractivity contribution in [1.29, 1.82) is 0 Å². The zero-order valence-corrected chi connectivity index (χ0v) is 11.9. The van der Waals surface area contributed by atoms with Crippen LogP contribution in [0.4, 0.5) is 0 Å². The van der Waals surface area contributed by atoms with Crippen LogP contribution in [0.25, 0.3) is 0 Å². The smallest absolute Gasteiger partial charge is 0.222 e. The van der Waals surface area contributed by atoms with E-state index in [2.05, 4.69) is 29.5 Å². The summed E-state index contributed by atoms with van der Waals surface area (Å²) in [5, 5.41) is 6.35. The first-order valence-corrected chi connectivity index (χ1v) is 7.14. The van der Waals surface area contributed by atoms with Crippen molar-refractivity contribution in [2.45, 2.75) is 52.2 Å². The highest BCUT2D eigenvalue weighted by atomic mass is 16.1. The lowest BCUT2D eigenvalue weighted by Crippen LogP contribution is -2.26. The van der Waals surface area contributed by atoms with E-state index in [9.17, 15) is 4.79 Å². The molecule has 0 aliphatic heterocycles. The Morgan fingerprint density at radius 2 is 2.32 bits per heavy atom. The van der Waals surface area contributed by atoms with Crippen molar-refractivity contribution in [2.24, 2.45) is 5.92 Å². The topological polar surface area (TPSA) is 59.0 Å². The molecule has 2 rings (SSSR count). The molecule has 0 atom stereocenters. The van der Waals surface area contributed by atoms with Crippen LogP contribution in [0.2, 0.25) is 0 Å². The maximum Gasteiger partial charge on any atom is 0.222 e. The number of nitrogens with one attached hydrogen (secondary N) is 2. The molecule has 1 saturated carbocycles. The summed E-state index contributed by atoms with van der Waals surface area (Å²) in [6.45, 7) is 6.86. The van der Waals surface area contributed by atoms with E-state index in [0.717, 1.165) is 31.6 Å². The average Bonchev–Trinajstić information content (AvgIpc) is 3.04. The average molecular weight is 264 g/mol. The molecule has 1 heterocycles. The van der Waals surface area contributed by atoms with Crippen LogP contribution in [0.1, 0.15) is 38.8 Å². The summed E-state index contributed by atoms with van der Waals surface area (Å²) in [7, 11) is 0. The van der Waals surface area contributed by atoms with Crippen molar-refractivity contribution < 1.29 is 4.79 Å². The highest BCUT2D eigenvalue weighted by molar-refractivity contribution is 5.76. The van der Waals surface area contributed by atoms with E-state index < -0.39 is 0 Å². The Hall–Kier alpha value is -1.36.